The van der Waals surface area contributed by atoms with E-state index in [9.17, 15) is 9.18 Å². The van der Waals surface area contributed by atoms with Gasteiger partial charge in [0.25, 0.3) is 5.91 Å². The molecular formula is C16H9BrFN3OS2. The first-order chi connectivity index (χ1) is 11.6. The topological polar surface area (TPSA) is 46.4 Å². The summed E-state index contributed by atoms with van der Waals surface area (Å²) < 4.78 is 16.2. The van der Waals surface area contributed by atoms with Crippen molar-refractivity contribution >= 4 is 55.2 Å². The predicted molar refractivity (Wildman–Crippen MR) is 98.4 cm³/mol. The molecule has 1 aromatic carbocycles. The molecule has 0 bridgehead atoms. The fraction of sp³-hybridized carbons (Fsp3) is 0. The van der Waals surface area contributed by atoms with Gasteiger partial charge in [-0.3, -0.25) is 9.20 Å². The number of thiazole rings is 1. The van der Waals surface area contributed by atoms with Crippen molar-refractivity contribution in [2.45, 2.75) is 0 Å². The van der Waals surface area contributed by atoms with Crippen LogP contribution in [0.4, 0.5) is 10.1 Å². The van der Waals surface area contributed by atoms with Crippen molar-refractivity contribution in [3.63, 3.8) is 0 Å². The lowest BCUT2D eigenvalue weighted by atomic mass is 10.3. The van der Waals surface area contributed by atoms with Gasteiger partial charge >= 0.3 is 0 Å². The van der Waals surface area contributed by atoms with E-state index in [0.717, 1.165) is 15.5 Å². The van der Waals surface area contributed by atoms with Crippen LogP contribution in [0.2, 0.25) is 0 Å². The number of anilines is 1. The van der Waals surface area contributed by atoms with E-state index in [4.69, 9.17) is 0 Å². The summed E-state index contributed by atoms with van der Waals surface area (Å²) >= 11 is 6.15. The number of nitrogens with zero attached hydrogens (tertiary/aromatic N) is 2. The zero-order chi connectivity index (χ0) is 16.7. The van der Waals surface area contributed by atoms with Crippen LogP contribution in [0.1, 0.15) is 10.5 Å². The number of rotatable bonds is 3. The Morgan fingerprint density at radius 2 is 2.17 bits per heavy atom. The third-order valence-electron chi connectivity index (χ3n) is 3.39. The second kappa shape index (κ2) is 6.12. The molecule has 0 unspecified atom stereocenters. The molecule has 1 N–H and O–H groups in total. The highest BCUT2D eigenvalue weighted by atomic mass is 79.9. The summed E-state index contributed by atoms with van der Waals surface area (Å²) in [5.41, 5.74) is 1.38. The molecule has 3 heterocycles. The standard InChI is InChI=1S/C16H9BrFN3OS2/c17-9-3-4-11(10(18)6-9)19-15(22)13-8-24-16-20-12(7-21(13)16)14-2-1-5-23-14/h1-8H,(H,19,22). The van der Waals surface area contributed by atoms with Crippen LogP contribution in [0.3, 0.4) is 0 Å². The molecule has 0 aliphatic carbocycles. The third kappa shape index (κ3) is 2.77. The molecule has 0 aliphatic rings. The Morgan fingerprint density at radius 3 is 2.92 bits per heavy atom. The number of hydrogen-bond donors (Lipinski definition) is 1. The lowest BCUT2D eigenvalue weighted by molar-refractivity contribution is 0.102. The fourth-order valence-corrected chi connectivity index (χ4v) is 4.13. The number of carbonyl (C=O) groups excluding carboxylic acids is 1. The molecule has 8 heteroatoms. The fourth-order valence-electron chi connectivity index (χ4n) is 2.27. The summed E-state index contributed by atoms with van der Waals surface area (Å²) in [5, 5.41) is 6.30. The molecule has 3 aromatic heterocycles. The van der Waals surface area contributed by atoms with Crippen molar-refractivity contribution in [2.75, 3.05) is 5.32 Å². The number of amides is 1. The van der Waals surface area contributed by atoms with Crippen LogP contribution in [0, 0.1) is 5.82 Å². The van der Waals surface area contributed by atoms with E-state index in [-0.39, 0.29) is 11.6 Å². The monoisotopic (exact) mass is 421 g/mol. The van der Waals surface area contributed by atoms with Gasteiger partial charge < -0.3 is 5.32 Å². The minimum absolute atomic E-state index is 0.140. The molecule has 4 rings (SSSR count). The molecule has 24 heavy (non-hydrogen) atoms. The van der Waals surface area contributed by atoms with Crippen molar-refractivity contribution in [1.29, 1.82) is 0 Å². The lowest BCUT2D eigenvalue weighted by Crippen LogP contribution is -2.14. The maximum absolute atomic E-state index is 13.9. The molecular weight excluding hydrogens is 413 g/mol. The summed E-state index contributed by atoms with van der Waals surface area (Å²) in [6.45, 7) is 0. The summed E-state index contributed by atoms with van der Waals surface area (Å²) in [6, 6.07) is 8.44. The zero-order valence-corrected chi connectivity index (χ0v) is 15.2. The second-order valence-corrected chi connectivity index (χ2v) is 7.66. The normalized spacial score (nSPS) is 11.1. The maximum atomic E-state index is 13.9. The van der Waals surface area contributed by atoms with E-state index < -0.39 is 5.82 Å². The predicted octanol–water partition coefficient (Wildman–Crippen LogP) is 5.28. The molecule has 0 spiro atoms. The van der Waals surface area contributed by atoms with Gasteiger partial charge in [-0.2, -0.15) is 0 Å². The Morgan fingerprint density at radius 1 is 1.29 bits per heavy atom. The van der Waals surface area contributed by atoms with Crippen LogP contribution in [0.15, 0.2) is 51.8 Å². The molecule has 0 aliphatic heterocycles. The number of hydrogen-bond acceptors (Lipinski definition) is 4. The number of thiophene rings is 1. The van der Waals surface area contributed by atoms with Gasteiger partial charge in [0, 0.05) is 16.0 Å². The quantitative estimate of drug-likeness (QED) is 0.489. The van der Waals surface area contributed by atoms with Crippen molar-refractivity contribution in [1.82, 2.24) is 9.38 Å². The third-order valence-corrected chi connectivity index (χ3v) is 5.62. The van der Waals surface area contributed by atoms with Crippen molar-refractivity contribution in [3.8, 4) is 10.6 Å². The molecule has 120 valence electrons. The molecule has 1 amide bonds. The van der Waals surface area contributed by atoms with E-state index in [2.05, 4.69) is 26.2 Å². The van der Waals surface area contributed by atoms with Crippen molar-refractivity contribution < 1.29 is 9.18 Å². The summed E-state index contributed by atoms with van der Waals surface area (Å²) in [4.78, 5) is 18.8. The number of imidazole rings is 1. The first-order valence-electron chi connectivity index (χ1n) is 6.89. The van der Waals surface area contributed by atoms with Crippen LogP contribution in [0.5, 0.6) is 0 Å². The average Bonchev–Trinajstić information content (AvgIpc) is 3.24. The van der Waals surface area contributed by atoms with Crippen molar-refractivity contribution in [3.05, 3.63) is 63.3 Å². The number of carbonyl (C=O) groups is 1. The molecule has 4 nitrogen and oxygen atoms in total. The van der Waals surface area contributed by atoms with Gasteiger partial charge in [0.2, 0.25) is 0 Å². The SMILES string of the molecule is O=C(Nc1ccc(Br)cc1F)c1csc2nc(-c3cccs3)cn12. The highest BCUT2D eigenvalue weighted by molar-refractivity contribution is 9.10. The van der Waals surface area contributed by atoms with Crippen LogP contribution in [-0.4, -0.2) is 15.3 Å². The van der Waals surface area contributed by atoms with Crippen LogP contribution < -0.4 is 5.32 Å². The smallest absolute Gasteiger partial charge is 0.273 e. The van der Waals surface area contributed by atoms with Gasteiger partial charge in [0.1, 0.15) is 17.2 Å². The van der Waals surface area contributed by atoms with Crippen LogP contribution in [-0.2, 0) is 0 Å². The maximum Gasteiger partial charge on any atom is 0.273 e. The Labute approximate surface area is 152 Å². The number of aromatic nitrogens is 2. The highest BCUT2D eigenvalue weighted by Crippen LogP contribution is 2.27. The van der Waals surface area contributed by atoms with Gasteiger partial charge in [0.15, 0.2) is 4.96 Å². The highest BCUT2D eigenvalue weighted by Gasteiger charge is 2.17. The first kappa shape index (κ1) is 15.5. The van der Waals surface area contributed by atoms with E-state index >= 15 is 0 Å². The Bertz CT molecular complexity index is 1040. The van der Waals surface area contributed by atoms with E-state index in [1.165, 1.54) is 23.5 Å². The number of benzene rings is 1. The Hall–Kier alpha value is -2.03. The van der Waals surface area contributed by atoms with E-state index in [1.54, 1.807) is 27.2 Å². The largest absolute Gasteiger partial charge is 0.318 e. The van der Waals surface area contributed by atoms with E-state index in [1.807, 2.05) is 23.7 Å². The number of halogens is 2. The molecule has 0 fully saturated rings. The number of fused-ring (bicyclic) bond motifs is 1. The van der Waals surface area contributed by atoms with Gasteiger partial charge in [-0.1, -0.05) is 22.0 Å². The zero-order valence-electron chi connectivity index (χ0n) is 12.0. The summed E-state index contributed by atoms with van der Waals surface area (Å²) in [5.74, 6) is -0.869. The Kier molecular flexibility index (Phi) is 3.95. The van der Waals surface area contributed by atoms with Crippen LogP contribution in [0.25, 0.3) is 15.5 Å². The van der Waals surface area contributed by atoms with Crippen LogP contribution >= 0.6 is 38.6 Å². The van der Waals surface area contributed by atoms with Gasteiger partial charge in [-0.25, -0.2) is 9.37 Å². The van der Waals surface area contributed by atoms with Gasteiger partial charge in [-0.15, -0.1) is 22.7 Å². The Balaban J connectivity index is 1.67. The minimum atomic E-state index is -0.492. The molecule has 0 saturated heterocycles. The second-order valence-electron chi connectivity index (χ2n) is 4.96. The first-order valence-corrected chi connectivity index (χ1v) is 9.44. The van der Waals surface area contributed by atoms with Gasteiger partial charge in [0.05, 0.1) is 10.6 Å². The molecule has 0 radical (unpaired) electrons. The van der Waals surface area contributed by atoms with Gasteiger partial charge in [-0.05, 0) is 29.6 Å². The average molecular weight is 422 g/mol. The van der Waals surface area contributed by atoms with E-state index in [0.29, 0.717) is 10.2 Å². The molecule has 0 atom stereocenters. The number of nitrogens with one attached hydrogen (secondary N) is 1. The lowest BCUT2D eigenvalue weighted by Gasteiger charge is -2.06. The summed E-state index contributed by atoms with van der Waals surface area (Å²) in [7, 11) is 0. The van der Waals surface area contributed by atoms with Crippen molar-refractivity contribution in [2.24, 2.45) is 0 Å². The summed E-state index contributed by atoms with van der Waals surface area (Å²) in [6.07, 6.45) is 1.82. The minimum Gasteiger partial charge on any atom is -0.318 e. The molecule has 0 saturated carbocycles. The molecule has 4 aromatic rings.